The van der Waals surface area contributed by atoms with Crippen molar-refractivity contribution in [3.63, 3.8) is 0 Å². The predicted octanol–water partition coefficient (Wildman–Crippen LogP) is 3.64. The first-order valence-corrected chi connectivity index (χ1v) is 8.60. The summed E-state index contributed by atoms with van der Waals surface area (Å²) in [6.07, 6.45) is 0. The van der Waals surface area contributed by atoms with E-state index in [1.165, 1.54) is 31.4 Å². The van der Waals surface area contributed by atoms with Crippen molar-refractivity contribution in [1.82, 2.24) is 0 Å². The van der Waals surface area contributed by atoms with Gasteiger partial charge in [0.1, 0.15) is 4.88 Å². The van der Waals surface area contributed by atoms with Gasteiger partial charge in [-0.1, -0.05) is 23.2 Å². The molecule has 0 saturated heterocycles. The van der Waals surface area contributed by atoms with E-state index in [4.69, 9.17) is 23.2 Å². The van der Waals surface area contributed by atoms with Crippen LogP contribution in [0, 0.1) is 0 Å². The van der Waals surface area contributed by atoms with Gasteiger partial charge >= 0.3 is 5.97 Å². The van der Waals surface area contributed by atoms with Gasteiger partial charge in [-0.05, 0) is 29.6 Å². The third-order valence-electron chi connectivity index (χ3n) is 2.43. The number of halogens is 2. The molecule has 0 fully saturated rings. The normalized spacial score (nSPS) is 11.2. The van der Waals surface area contributed by atoms with Crippen molar-refractivity contribution < 1.29 is 17.9 Å². The Balaban J connectivity index is 2.38. The lowest BCUT2D eigenvalue weighted by Gasteiger charge is -2.09. The smallest absolute Gasteiger partial charge is 0.350 e. The van der Waals surface area contributed by atoms with Crippen LogP contribution < -0.4 is 4.72 Å². The van der Waals surface area contributed by atoms with Gasteiger partial charge in [-0.25, -0.2) is 13.2 Å². The van der Waals surface area contributed by atoms with Crippen LogP contribution >= 0.6 is 34.5 Å². The molecule has 0 spiro atoms. The van der Waals surface area contributed by atoms with Gasteiger partial charge in [0.05, 0.1) is 17.7 Å². The van der Waals surface area contributed by atoms with Crippen LogP contribution in [0.2, 0.25) is 10.0 Å². The SMILES string of the molecule is COC(=O)c1sccc1NS(=O)(=O)c1cc(Cl)cc(Cl)c1. The maximum absolute atomic E-state index is 12.3. The Bertz CT molecular complexity index is 766. The Morgan fingerprint density at radius 1 is 1.24 bits per heavy atom. The van der Waals surface area contributed by atoms with E-state index >= 15 is 0 Å². The second kappa shape index (κ2) is 6.23. The molecule has 0 bridgehead atoms. The number of carbonyl (C=O) groups is 1. The molecule has 0 aliphatic carbocycles. The molecule has 2 aromatic rings. The first-order chi connectivity index (χ1) is 9.83. The summed E-state index contributed by atoms with van der Waals surface area (Å²) in [6.45, 7) is 0. The van der Waals surface area contributed by atoms with Gasteiger partial charge in [-0.15, -0.1) is 11.3 Å². The molecule has 1 aromatic carbocycles. The minimum atomic E-state index is -3.91. The average molecular weight is 366 g/mol. The Hall–Kier alpha value is -1.28. The van der Waals surface area contributed by atoms with Gasteiger partial charge in [0.15, 0.2) is 0 Å². The number of esters is 1. The maximum atomic E-state index is 12.3. The van der Waals surface area contributed by atoms with Crippen LogP contribution in [-0.2, 0) is 14.8 Å². The summed E-state index contributed by atoms with van der Waals surface area (Å²) in [7, 11) is -2.69. The van der Waals surface area contributed by atoms with Crippen LogP contribution in [-0.4, -0.2) is 21.5 Å². The lowest BCUT2D eigenvalue weighted by molar-refractivity contribution is 0.0607. The van der Waals surface area contributed by atoms with Crippen LogP contribution in [0.15, 0.2) is 34.5 Å². The van der Waals surface area contributed by atoms with E-state index in [-0.39, 0.29) is 25.5 Å². The van der Waals surface area contributed by atoms with Crippen molar-refractivity contribution in [2.75, 3.05) is 11.8 Å². The van der Waals surface area contributed by atoms with Crippen LogP contribution in [0.3, 0.4) is 0 Å². The van der Waals surface area contributed by atoms with E-state index in [1.54, 1.807) is 5.38 Å². The topological polar surface area (TPSA) is 72.5 Å². The molecule has 0 atom stereocenters. The minimum Gasteiger partial charge on any atom is -0.465 e. The molecule has 0 unspecified atom stereocenters. The highest BCUT2D eigenvalue weighted by atomic mass is 35.5. The lowest BCUT2D eigenvalue weighted by Crippen LogP contribution is -2.14. The number of nitrogens with one attached hydrogen (secondary N) is 1. The average Bonchev–Trinajstić information content (AvgIpc) is 2.84. The van der Waals surface area contributed by atoms with Gasteiger partial charge < -0.3 is 4.74 Å². The number of hydrogen-bond acceptors (Lipinski definition) is 5. The standard InChI is InChI=1S/C12H9Cl2NO4S2/c1-19-12(16)11-10(2-3-20-11)15-21(17,18)9-5-7(13)4-8(14)6-9/h2-6,15H,1H3. The molecular formula is C12H9Cl2NO4S2. The van der Waals surface area contributed by atoms with E-state index in [2.05, 4.69) is 9.46 Å². The lowest BCUT2D eigenvalue weighted by atomic mass is 10.4. The largest absolute Gasteiger partial charge is 0.465 e. The van der Waals surface area contributed by atoms with Gasteiger partial charge in [0, 0.05) is 10.0 Å². The maximum Gasteiger partial charge on any atom is 0.350 e. The van der Waals surface area contributed by atoms with Crippen molar-refractivity contribution in [2.45, 2.75) is 4.90 Å². The number of anilines is 1. The van der Waals surface area contributed by atoms with Crippen LogP contribution in [0.1, 0.15) is 9.67 Å². The number of methoxy groups -OCH3 is 1. The first kappa shape index (κ1) is 16.1. The zero-order valence-electron chi connectivity index (χ0n) is 10.6. The first-order valence-electron chi connectivity index (χ1n) is 5.48. The zero-order chi connectivity index (χ0) is 15.6. The monoisotopic (exact) mass is 365 g/mol. The summed E-state index contributed by atoms with van der Waals surface area (Å²) >= 11 is 12.7. The van der Waals surface area contributed by atoms with Gasteiger partial charge in [-0.2, -0.15) is 0 Å². The fourth-order valence-corrected chi connectivity index (χ4v) is 4.16. The van der Waals surface area contributed by atoms with E-state index in [1.807, 2.05) is 0 Å². The van der Waals surface area contributed by atoms with Crippen molar-refractivity contribution in [2.24, 2.45) is 0 Å². The summed E-state index contributed by atoms with van der Waals surface area (Å²) in [6, 6.07) is 5.42. The Morgan fingerprint density at radius 3 is 2.43 bits per heavy atom. The number of benzene rings is 1. The highest BCUT2D eigenvalue weighted by Gasteiger charge is 2.21. The molecule has 0 aliphatic rings. The molecule has 1 aromatic heterocycles. The predicted molar refractivity (Wildman–Crippen MR) is 82.9 cm³/mol. The number of hydrogen-bond donors (Lipinski definition) is 1. The van der Waals surface area contributed by atoms with E-state index in [0.29, 0.717) is 0 Å². The molecule has 0 radical (unpaired) electrons. The summed E-state index contributed by atoms with van der Waals surface area (Å²) in [5, 5.41) is 1.97. The second-order valence-electron chi connectivity index (χ2n) is 3.87. The van der Waals surface area contributed by atoms with Gasteiger partial charge in [-0.3, -0.25) is 4.72 Å². The molecule has 2 rings (SSSR count). The van der Waals surface area contributed by atoms with E-state index < -0.39 is 16.0 Å². The van der Waals surface area contributed by atoms with Crippen molar-refractivity contribution in [3.8, 4) is 0 Å². The van der Waals surface area contributed by atoms with Crippen LogP contribution in [0.4, 0.5) is 5.69 Å². The molecule has 5 nitrogen and oxygen atoms in total. The molecule has 0 amide bonds. The van der Waals surface area contributed by atoms with Crippen LogP contribution in [0.5, 0.6) is 0 Å². The summed E-state index contributed by atoms with van der Waals surface area (Å²) < 4.78 is 31.5. The van der Waals surface area contributed by atoms with Gasteiger partial charge in [0.25, 0.3) is 10.0 Å². The van der Waals surface area contributed by atoms with Gasteiger partial charge in [0.2, 0.25) is 0 Å². The zero-order valence-corrected chi connectivity index (χ0v) is 13.7. The van der Waals surface area contributed by atoms with Crippen molar-refractivity contribution in [3.05, 3.63) is 44.6 Å². The number of rotatable bonds is 4. The van der Waals surface area contributed by atoms with E-state index in [0.717, 1.165) is 11.3 Å². The summed E-state index contributed by atoms with van der Waals surface area (Å²) in [5.74, 6) is -0.619. The fourth-order valence-electron chi connectivity index (χ4n) is 1.53. The highest BCUT2D eigenvalue weighted by Crippen LogP contribution is 2.28. The molecule has 9 heteroatoms. The third-order valence-corrected chi connectivity index (χ3v) is 5.10. The fraction of sp³-hybridized carbons (Fsp3) is 0.0833. The number of sulfonamides is 1. The minimum absolute atomic E-state index is 0.0954. The Kier molecular flexibility index (Phi) is 4.77. The quantitative estimate of drug-likeness (QED) is 0.839. The number of carbonyl (C=O) groups excluding carboxylic acids is 1. The molecule has 0 saturated carbocycles. The van der Waals surface area contributed by atoms with Crippen molar-refractivity contribution >= 4 is 56.2 Å². The molecule has 1 N–H and O–H groups in total. The summed E-state index contributed by atoms with van der Waals surface area (Å²) in [5.41, 5.74) is 0.142. The number of ether oxygens (including phenoxy) is 1. The molecule has 0 aliphatic heterocycles. The molecular weight excluding hydrogens is 357 g/mol. The third kappa shape index (κ3) is 3.68. The highest BCUT2D eigenvalue weighted by molar-refractivity contribution is 7.92. The molecule has 112 valence electrons. The Morgan fingerprint density at radius 2 is 1.86 bits per heavy atom. The Labute approximate surface area is 135 Å². The second-order valence-corrected chi connectivity index (χ2v) is 7.34. The summed E-state index contributed by atoms with van der Waals surface area (Å²) in [4.78, 5) is 11.6. The van der Waals surface area contributed by atoms with Crippen LogP contribution in [0.25, 0.3) is 0 Å². The molecule has 21 heavy (non-hydrogen) atoms. The number of thiophene rings is 1. The van der Waals surface area contributed by atoms with Crippen molar-refractivity contribution in [1.29, 1.82) is 0 Å². The van der Waals surface area contributed by atoms with E-state index in [9.17, 15) is 13.2 Å². The molecule has 1 heterocycles.